The van der Waals surface area contributed by atoms with E-state index in [9.17, 15) is 4.79 Å². The molecule has 0 aromatic heterocycles. The van der Waals surface area contributed by atoms with E-state index in [0.29, 0.717) is 21.4 Å². The molecule has 1 N–H and O–H groups in total. The average Bonchev–Trinajstić information content (AvgIpc) is 2.38. The summed E-state index contributed by atoms with van der Waals surface area (Å²) in [5.74, 6) is -0.415. The number of carbonyl (C=O) groups is 1. The second-order valence-corrected chi connectivity index (χ2v) is 4.63. The van der Waals surface area contributed by atoms with E-state index in [0.717, 1.165) is 0 Å². The molecule has 0 saturated heterocycles. The third kappa shape index (κ3) is 3.40. The van der Waals surface area contributed by atoms with E-state index in [1.807, 2.05) is 0 Å². The van der Waals surface area contributed by atoms with Gasteiger partial charge < -0.3 is 9.84 Å². The molecule has 0 saturated carbocycles. The van der Waals surface area contributed by atoms with Crippen molar-refractivity contribution in [2.45, 2.75) is 6.61 Å². The molecule has 0 aliphatic carbocycles. The van der Waals surface area contributed by atoms with E-state index in [4.69, 9.17) is 33.0 Å². The predicted molar refractivity (Wildman–Crippen MR) is 74.2 cm³/mol. The first-order chi connectivity index (χ1) is 9.08. The molecule has 0 aliphatic rings. The van der Waals surface area contributed by atoms with Crippen LogP contribution < -0.4 is 4.74 Å². The fourth-order valence-electron chi connectivity index (χ4n) is 1.52. The van der Waals surface area contributed by atoms with Gasteiger partial charge in [-0.05, 0) is 36.4 Å². The molecule has 0 aliphatic heterocycles. The Labute approximate surface area is 120 Å². The normalized spacial score (nSPS) is 10.2. The largest absolute Gasteiger partial charge is 0.489 e. The maximum Gasteiger partial charge on any atom is 0.335 e. The number of benzene rings is 2. The molecule has 5 heteroatoms. The van der Waals surface area contributed by atoms with Crippen molar-refractivity contribution in [2.24, 2.45) is 0 Å². The van der Waals surface area contributed by atoms with Crippen LogP contribution >= 0.6 is 23.2 Å². The van der Waals surface area contributed by atoms with Crippen molar-refractivity contribution in [3.63, 3.8) is 0 Å². The lowest BCUT2D eigenvalue weighted by Gasteiger charge is -2.09. The Morgan fingerprint density at radius 3 is 2.16 bits per heavy atom. The Morgan fingerprint density at radius 1 is 1.05 bits per heavy atom. The van der Waals surface area contributed by atoms with Gasteiger partial charge in [0.15, 0.2) is 0 Å². The Bertz CT molecular complexity index is 574. The minimum Gasteiger partial charge on any atom is -0.489 e. The average molecular weight is 297 g/mol. The monoisotopic (exact) mass is 296 g/mol. The summed E-state index contributed by atoms with van der Waals surface area (Å²) in [5, 5.41) is 9.85. The molecule has 0 atom stereocenters. The Hall–Kier alpha value is -1.71. The highest BCUT2D eigenvalue weighted by atomic mass is 35.5. The van der Waals surface area contributed by atoms with Crippen LogP contribution in [0.15, 0.2) is 42.5 Å². The van der Waals surface area contributed by atoms with E-state index in [1.165, 1.54) is 12.1 Å². The zero-order valence-electron chi connectivity index (χ0n) is 9.77. The Balaban J connectivity index is 2.08. The summed E-state index contributed by atoms with van der Waals surface area (Å²) in [4.78, 5) is 10.7. The summed E-state index contributed by atoms with van der Waals surface area (Å²) < 4.78 is 5.53. The summed E-state index contributed by atoms with van der Waals surface area (Å²) in [6.07, 6.45) is 0. The summed E-state index contributed by atoms with van der Waals surface area (Å²) >= 11 is 12.0. The van der Waals surface area contributed by atoms with E-state index in [2.05, 4.69) is 0 Å². The molecular formula is C14H10Cl2O3. The van der Waals surface area contributed by atoms with Gasteiger partial charge in [-0.2, -0.15) is 0 Å². The van der Waals surface area contributed by atoms with Crippen LogP contribution in [-0.2, 0) is 6.61 Å². The molecule has 2 rings (SSSR count). The van der Waals surface area contributed by atoms with Gasteiger partial charge in [0.05, 0.1) is 5.56 Å². The lowest BCUT2D eigenvalue weighted by atomic mass is 10.2. The molecular weight excluding hydrogens is 287 g/mol. The van der Waals surface area contributed by atoms with Gasteiger partial charge in [0.25, 0.3) is 0 Å². The van der Waals surface area contributed by atoms with Gasteiger partial charge in [-0.15, -0.1) is 0 Å². The van der Waals surface area contributed by atoms with Crippen LogP contribution in [0.4, 0.5) is 0 Å². The number of hydrogen-bond donors (Lipinski definition) is 1. The van der Waals surface area contributed by atoms with Crippen molar-refractivity contribution < 1.29 is 14.6 Å². The number of halogens is 2. The van der Waals surface area contributed by atoms with Crippen LogP contribution in [0.2, 0.25) is 10.0 Å². The van der Waals surface area contributed by atoms with Gasteiger partial charge in [-0.1, -0.05) is 29.3 Å². The summed E-state index contributed by atoms with van der Waals surface area (Å²) in [5.41, 5.74) is 0.913. The molecule has 0 fully saturated rings. The molecule has 0 radical (unpaired) electrons. The highest BCUT2D eigenvalue weighted by molar-refractivity contribution is 6.35. The van der Waals surface area contributed by atoms with E-state index in [1.54, 1.807) is 30.3 Å². The van der Waals surface area contributed by atoms with Crippen LogP contribution in [-0.4, -0.2) is 11.1 Å². The summed E-state index contributed by atoms with van der Waals surface area (Å²) in [7, 11) is 0. The second-order valence-electron chi connectivity index (χ2n) is 3.82. The van der Waals surface area contributed by atoms with Crippen LogP contribution in [0.1, 0.15) is 15.9 Å². The molecule has 0 amide bonds. The summed E-state index contributed by atoms with van der Waals surface area (Å²) in [6.45, 7) is 0.227. The van der Waals surface area contributed by atoms with Gasteiger partial charge in [0.1, 0.15) is 12.4 Å². The minimum absolute atomic E-state index is 0.211. The number of aromatic carboxylic acids is 1. The number of ether oxygens (including phenoxy) is 1. The smallest absolute Gasteiger partial charge is 0.335 e. The molecule has 0 unspecified atom stereocenters. The third-order valence-electron chi connectivity index (χ3n) is 2.55. The number of hydrogen-bond acceptors (Lipinski definition) is 2. The van der Waals surface area contributed by atoms with Gasteiger partial charge in [0, 0.05) is 15.6 Å². The van der Waals surface area contributed by atoms with Gasteiger partial charge >= 0.3 is 5.97 Å². The molecule has 0 heterocycles. The zero-order valence-corrected chi connectivity index (χ0v) is 11.3. The molecule has 2 aromatic carbocycles. The van der Waals surface area contributed by atoms with Gasteiger partial charge in [0.2, 0.25) is 0 Å². The second kappa shape index (κ2) is 5.95. The highest BCUT2D eigenvalue weighted by Crippen LogP contribution is 2.25. The van der Waals surface area contributed by atoms with Crippen molar-refractivity contribution in [3.8, 4) is 5.75 Å². The molecule has 98 valence electrons. The van der Waals surface area contributed by atoms with Crippen LogP contribution in [0.25, 0.3) is 0 Å². The maximum atomic E-state index is 10.7. The van der Waals surface area contributed by atoms with Gasteiger partial charge in [-0.3, -0.25) is 0 Å². The first-order valence-electron chi connectivity index (χ1n) is 5.47. The number of carboxylic acid groups (broad SMARTS) is 1. The van der Waals surface area contributed by atoms with Crippen molar-refractivity contribution >= 4 is 29.2 Å². The lowest BCUT2D eigenvalue weighted by molar-refractivity contribution is 0.0697. The predicted octanol–water partition coefficient (Wildman–Crippen LogP) is 4.27. The minimum atomic E-state index is -0.972. The summed E-state index contributed by atoms with van der Waals surface area (Å²) in [6, 6.07) is 11.4. The van der Waals surface area contributed by atoms with Crippen molar-refractivity contribution in [1.29, 1.82) is 0 Å². The number of carboxylic acids is 1. The first kappa shape index (κ1) is 13.7. The SMILES string of the molecule is O=C(O)c1ccc(OCc2c(Cl)cccc2Cl)cc1. The van der Waals surface area contributed by atoms with Gasteiger partial charge in [-0.25, -0.2) is 4.79 Å². The zero-order chi connectivity index (χ0) is 13.8. The van der Waals surface area contributed by atoms with E-state index in [-0.39, 0.29) is 12.2 Å². The maximum absolute atomic E-state index is 10.7. The highest BCUT2D eigenvalue weighted by Gasteiger charge is 2.07. The molecule has 0 spiro atoms. The quantitative estimate of drug-likeness (QED) is 0.916. The lowest BCUT2D eigenvalue weighted by Crippen LogP contribution is -1.99. The molecule has 0 bridgehead atoms. The topological polar surface area (TPSA) is 46.5 Å². The number of rotatable bonds is 4. The first-order valence-corrected chi connectivity index (χ1v) is 6.22. The standard InChI is InChI=1S/C14H10Cl2O3/c15-12-2-1-3-13(16)11(12)8-19-10-6-4-9(5-7-10)14(17)18/h1-7H,8H2,(H,17,18). The Morgan fingerprint density at radius 2 is 1.63 bits per heavy atom. The molecule has 2 aromatic rings. The van der Waals surface area contributed by atoms with Crippen LogP contribution in [0.3, 0.4) is 0 Å². The third-order valence-corrected chi connectivity index (χ3v) is 3.25. The Kier molecular flexibility index (Phi) is 4.30. The van der Waals surface area contributed by atoms with E-state index >= 15 is 0 Å². The van der Waals surface area contributed by atoms with Crippen LogP contribution in [0, 0.1) is 0 Å². The van der Waals surface area contributed by atoms with Crippen molar-refractivity contribution in [1.82, 2.24) is 0 Å². The van der Waals surface area contributed by atoms with Crippen molar-refractivity contribution in [2.75, 3.05) is 0 Å². The van der Waals surface area contributed by atoms with E-state index < -0.39 is 5.97 Å². The van der Waals surface area contributed by atoms with Crippen molar-refractivity contribution in [3.05, 3.63) is 63.6 Å². The fraction of sp³-hybridized carbons (Fsp3) is 0.0714. The molecule has 3 nitrogen and oxygen atoms in total. The fourth-order valence-corrected chi connectivity index (χ4v) is 2.03. The molecule has 19 heavy (non-hydrogen) atoms. The van der Waals surface area contributed by atoms with Crippen LogP contribution in [0.5, 0.6) is 5.75 Å².